The Morgan fingerprint density at radius 2 is 0.700 bits per heavy atom. The molecule has 0 amide bonds. The van der Waals surface area contributed by atoms with Crippen LogP contribution in [0.5, 0.6) is 0 Å². The first-order valence-electron chi connectivity index (χ1n) is 13.6. The molecule has 0 atom stereocenters. The summed E-state index contributed by atoms with van der Waals surface area (Å²) >= 11 is 0. The number of aromatic amines is 2. The Morgan fingerprint density at radius 1 is 0.350 bits per heavy atom. The second-order valence-electron chi connectivity index (χ2n) is 10.6. The van der Waals surface area contributed by atoms with Crippen molar-refractivity contribution in [2.75, 3.05) is 0 Å². The second-order valence-corrected chi connectivity index (χ2v) is 10.6. The lowest BCUT2D eigenvalue weighted by Crippen LogP contribution is -1.75. The third-order valence-corrected chi connectivity index (χ3v) is 8.30. The van der Waals surface area contributed by atoms with Gasteiger partial charge in [0.25, 0.3) is 0 Å². The van der Waals surface area contributed by atoms with Crippen molar-refractivity contribution in [2.24, 2.45) is 0 Å². The molecule has 0 fully saturated rings. The highest BCUT2D eigenvalue weighted by Gasteiger charge is 2.18. The van der Waals surface area contributed by atoms with Crippen molar-refractivity contribution >= 4 is 43.6 Å². The Bertz CT molecular complexity index is 2010. The molecular formula is C37H23N3. The average molecular weight is 510 g/mol. The van der Waals surface area contributed by atoms with Gasteiger partial charge in [0.05, 0.1) is 11.4 Å². The lowest BCUT2D eigenvalue weighted by atomic mass is 10.0. The fraction of sp³-hybridized carbons (Fsp3) is 0. The summed E-state index contributed by atoms with van der Waals surface area (Å²) < 4.78 is 0. The Labute approximate surface area is 230 Å². The van der Waals surface area contributed by atoms with Crippen molar-refractivity contribution in [1.82, 2.24) is 15.0 Å². The molecule has 4 aromatic carbocycles. The van der Waals surface area contributed by atoms with E-state index in [1.165, 1.54) is 43.8 Å². The molecule has 40 heavy (non-hydrogen) atoms. The van der Waals surface area contributed by atoms with Gasteiger partial charge in [-0.15, -0.1) is 0 Å². The molecule has 0 saturated heterocycles. The summed E-state index contributed by atoms with van der Waals surface area (Å²) in [6.45, 7) is 0. The van der Waals surface area contributed by atoms with Crippen LogP contribution in [-0.4, -0.2) is 15.0 Å². The zero-order valence-corrected chi connectivity index (χ0v) is 21.6. The summed E-state index contributed by atoms with van der Waals surface area (Å²) in [6, 6.07) is 45.7. The van der Waals surface area contributed by atoms with E-state index < -0.39 is 0 Å². The highest BCUT2D eigenvalue weighted by molar-refractivity contribution is 6.10. The van der Waals surface area contributed by atoms with Crippen LogP contribution in [0, 0.1) is 0 Å². The van der Waals surface area contributed by atoms with Crippen molar-refractivity contribution in [2.45, 2.75) is 0 Å². The molecule has 0 saturated carbocycles. The maximum atomic E-state index is 5.18. The number of hydrogen-bond donors (Lipinski definition) is 2. The fourth-order valence-electron chi connectivity index (χ4n) is 6.45. The van der Waals surface area contributed by atoms with E-state index in [2.05, 4.69) is 137 Å². The number of benzene rings is 4. The smallest absolute Gasteiger partial charge is 0.0737 e. The molecule has 0 unspecified atom stereocenters. The van der Waals surface area contributed by atoms with Crippen LogP contribution in [0.15, 0.2) is 127 Å². The zero-order chi connectivity index (χ0) is 26.2. The van der Waals surface area contributed by atoms with Gasteiger partial charge in [0, 0.05) is 54.7 Å². The number of H-pyrrole nitrogens is 2. The van der Waals surface area contributed by atoms with Gasteiger partial charge in [0.1, 0.15) is 0 Å². The molecule has 186 valence electrons. The summed E-state index contributed by atoms with van der Waals surface area (Å²) in [5, 5.41) is 4.79. The van der Waals surface area contributed by atoms with Crippen molar-refractivity contribution < 1.29 is 0 Å². The van der Waals surface area contributed by atoms with Gasteiger partial charge in [0.2, 0.25) is 0 Å². The predicted octanol–water partition coefficient (Wildman–Crippen LogP) is 9.89. The first kappa shape index (κ1) is 21.5. The molecule has 3 heteroatoms. The number of nitrogens with one attached hydrogen (secondary N) is 2. The molecule has 0 spiro atoms. The molecule has 1 aliphatic carbocycles. The first-order chi connectivity index (χ1) is 19.8. The largest absolute Gasteiger partial charge is 0.354 e. The minimum absolute atomic E-state index is 0.969. The van der Waals surface area contributed by atoms with Crippen molar-refractivity contribution in [1.29, 1.82) is 0 Å². The van der Waals surface area contributed by atoms with Crippen LogP contribution in [0.1, 0.15) is 0 Å². The monoisotopic (exact) mass is 509 g/mol. The minimum Gasteiger partial charge on any atom is -0.354 e. The van der Waals surface area contributed by atoms with Gasteiger partial charge in [-0.1, -0.05) is 97.1 Å². The molecule has 2 N–H and O–H groups in total. The normalized spacial score (nSPS) is 12.0. The third kappa shape index (κ3) is 3.09. The van der Waals surface area contributed by atoms with Crippen molar-refractivity contribution in [3.63, 3.8) is 0 Å². The molecular weight excluding hydrogens is 486 g/mol. The van der Waals surface area contributed by atoms with Gasteiger partial charge in [-0.3, -0.25) is 0 Å². The fourth-order valence-corrected chi connectivity index (χ4v) is 6.45. The number of rotatable bonds is 0. The van der Waals surface area contributed by atoms with Gasteiger partial charge in [-0.05, 0) is 52.6 Å². The highest BCUT2D eigenvalue weighted by atomic mass is 14.8. The van der Waals surface area contributed by atoms with E-state index in [1.807, 2.05) is 0 Å². The Morgan fingerprint density at radius 3 is 1.12 bits per heavy atom. The number of fused-ring (bicyclic) bond motifs is 20. The SMILES string of the molecule is c1ccc2c(c1)-c1cc-2cc2[nH]c(cc3nc(cc4[nH]c(c1)c1ccccc41)-c1ccccc1-3)c1ccccc21. The summed E-state index contributed by atoms with van der Waals surface area (Å²) in [5.41, 5.74) is 13.5. The predicted molar refractivity (Wildman–Crippen MR) is 167 cm³/mol. The summed E-state index contributed by atoms with van der Waals surface area (Å²) in [4.78, 5) is 12.7. The molecule has 7 aromatic rings. The molecule has 1 aliphatic heterocycles. The van der Waals surface area contributed by atoms with Gasteiger partial charge >= 0.3 is 0 Å². The van der Waals surface area contributed by atoms with E-state index in [4.69, 9.17) is 4.98 Å². The van der Waals surface area contributed by atoms with E-state index in [9.17, 15) is 0 Å². The van der Waals surface area contributed by atoms with Gasteiger partial charge in [-0.2, -0.15) is 0 Å². The molecule has 3 aromatic heterocycles. The maximum absolute atomic E-state index is 5.18. The second kappa shape index (κ2) is 8.05. The summed E-state index contributed by atoms with van der Waals surface area (Å²) in [5.74, 6) is 0. The topological polar surface area (TPSA) is 44.5 Å². The lowest BCUT2D eigenvalue weighted by molar-refractivity contribution is 1.41. The van der Waals surface area contributed by atoms with Crippen molar-refractivity contribution in [3.8, 4) is 44.8 Å². The molecule has 4 heterocycles. The Balaban J connectivity index is 1.51. The van der Waals surface area contributed by atoms with E-state index in [-0.39, 0.29) is 0 Å². The van der Waals surface area contributed by atoms with Crippen LogP contribution in [0.3, 0.4) is 0 Å². The number of nitrogens with zero attached hydrogens (tertiary/aromatic N) is 1. The van der Waals surface area contributed by atoms with Crippen LogP contribution in [0.25, 0.3) is 88.4 Å². The Hall–Kier alpha value is -5.41. The number of aromatic nitrogens is 3. The standard InChI is InChI=1S/C37H23N3/c1-2-10-25-23-17-22(24(25)9-1)18-32-26-11-3-5-13-28(26)34(38-32)20-36-30-15-7-8-16-31(30)37(40-36)21-35-29-14-6-4-12-27(29)33(19-23)39-35/h1-21,38-39H. The summed E-state index contributed by atoms with van der Waals surface area (Å²) in [7, 11) is 0. The molecule has 0 radical (unpaired) electrons. The zero-order valence-electron chi connectivity index (χ0n) is 21.6. The van der Waals surface area contributed by atoms with Crippen molar-refractivity contribution in [3.05, 3.63) is 127 Å². The Kier molecular flexibility index (Phi) is 4.33. The first-order valence-corrected chi connectivity index (χ1v) is 13.6. The van der Waals surface area contributed by atoms with Gasteiger partial charge in [0.15, 0.2) is 0 Å². The third-order valence-electron chi connectivity index (χ3n) is 8.30. The average Bonchev–Trinajstić information content (AvgIpc) is 3.73. The highest BCUT2D eigenvalue weighted by Crippen LogP contribution is 2.41. The van der Waals surface area contributed by atoms with Crippen LogP contribution in [-0.2, 0) is 0 Å². The van der Waals surface area contributed by atoms with Gasteiger partial charge in [-0.25, -0.2) is 4.98 Å². The van der Waals surface area contributed by atoms with E-state index in [0.717, 1.165) is 44.6 Å². The summed E-state index contributed by atoms with van der Waals surface area (Å²) in [6.07, 6.45) is 0. The van der Waals surface area contributed by atoms with Crippen LogP contribution >= 0.6 is 0 Å². The van der Waals surface area contributed by atoms with E-state index >= 15 is 0 Å². The maximum Gasteiger partial charge on any atom is 0.0737 e. The van der Waals surface area contributed by atoms with Gasteiger partial charge < -0.3 is 9.97 Å². The van der Waals surface area contributed by atoms with Crippen LogP contribution in [0.4, 0.5) is 0 Å². The van der Waals surface area contributed by atoms with Crippen LogP contribution in [0.2, 0.25) is 0 Å². The molecule has 2 aliphatic rings. The molecule has 3 nitrogen and oxygen atoms in total. The lowest BCUT2D eigenvalue weighted by Gasteiger charge is -2.00. The number of hydrogen-bond acceptors (Lipinski definition) is 1. The van der Waals surface area contributed by atoms with E-state index in [0.29, 0.717) is 0 Å². The molecule has 8 bridgehead atoms. The quantitative estimate of drug-likeness (QED) is 0.210. The minimum atomic E-state index is 0.969. The van der Waals surface area contributed by atoms with E-state index in [1.54, 1.807) is 0 Å². The van der Waals surface area contributed by atoms with Crippen LogP contribution < -0.4 is 0 Å². The molecule has 9 rings (SSSR count).